The Morgan fingerprint density at radius 3 is 2.07 bits per heavy atom. The summed E-state index contributed by atoms with van der Waals surface area (Å²) in [5.74, 6) is 1.81. The molecule has 69 heavy (non-hydrogen) atoms. The van der Waals surface area contributed by atoms with Gasteiger partial charge in [-0.1, -0.05) is 133 Å². The molecule has 1 aliphatic heterocycles. The standard InChI is InChI=1S/C61H51N5O2.Pt/c1-59(2,3)39-27-28-63-56(33-39)66-52-26-23-38(36-62)29-51(52)46-25-24-45(35-54(46)66)67-44-16-12-15-42(34-44)64-37-65(43-31-40(60(4,5)6)30-41(32-43)61(7,8)9)57-48(18-14-21-53(57)64)50-20-13-19-49-47-17-10-11-22-55(47)68-58(49)50;/h10-33H,1-9H3;/q;+2. The third-order valence-corrected chi connectivity index (χ3v) is 13.1. The molecule has 7 aromatic carbocycles. The van der Waals surface area contributed by atoms with Crippen molar-refractivity contribution in [2.75, 3.05) is 0 Å². The van der Waals surface area contributed by atoms with Gasteiger partial charge < -0.3 is 13.7 Å². The van der Waals surface area contributed by atoms with Gasteiger partial charge in [0.2, 0.25) is 5.69 Å². The van der Waals surface area contributed by atoms with Gasteiger partial charge in [-0.15, -0.1) is 23.6 Å². The maximum absolute atomic E-state index is 9.85. The smallest absolute Gasteiger partial charge is 0.509 e. The van der Waals surface area contributed by atoms with E-state index in [0.29, 0.717) is 17.1 Å². The molecule has 0 aliphatic carbocycles. The number of ether oxygens (including phenoxy) is 1. The summed E-state index contributed by atoms with van der Waals surface area (Å²) < 4.78 is 19.7. The molecule has 0 saturated carbocycles. The molecule has 8 heteroatoms. The summed E-state index contributed by atoms with van der Waals surface area (Å²) in [6.45, 7) is 20.2. The Morgan fingerprint density at radius 1 is 0.623 bits per heavy atom. The normalized spacial score (nSPS) is 12.8. The molecule has 0 fully saturated rings. The first kappa shape index (κ1) is 45.4. The molecular weight excluding hydrogens is 1030 g/mol. The first-order chi connectivity index (χ1) is 32.5. The number of pyridine rings is 1. The number of fused-ring (bicyclic) bond motifs is 7. The van der Waals surface area contributed by atoms with E-state index in [0.717, 1.165) is 89.0 Å². The number of rotatable bonds is 6. The van der Waals surface area contributed by atoms with Crippen LogP contribution in [0.5, 0.6) is 11.5 Å². The Morgan fingerprint density at radius 2 is 1.32 bits per heavy atom. The molecule has 0 spiro atoms. The quantitative estimate of drug-likeness (QED) is 0.123. The van der Waals surface area contributed by atoms with Gasteiger partial charge in [-0.2, -0.15) is 17.4 Å². The van der Waals surface area contributed by atoms with Crippen molar-refractivity contribution < 1.29 is 30.2 Å². The van der Waals surface area contributed by atoms with Crippen molar-refractivity contribution >= 4 is 72.5 Å². The van der Waals surface area contributed by atoms with Crippen molar-refractivity contribution in [3.05, 3.63) is 180 Å². The first-order valence-electron chi connectivity index (χ1n) is 23.2. The second-order valence-electron chi connectivity index (χ2n) is 20.9. The van der Waals surface area contributed by atoms with Crippen molar-refractivity contribution in [2.24, 2.45) is 0 Å². The molecule has 0 saturated heterocycles. The zero-order valence-electron chi connectivity index (χ0n) is 40.2. The topological polar surface area (TPSA) is 70.0 Å². The van der Waals surface area contributed by atoms with Gasteiger partial charge in [0, 0.05) is 57.7 Å². The van der Waals surface area contributed by atoms with Gasteiger partial charge in [-0.05, 0) is 85.4 Å². The molecule has 0 N–H and O–H groups in total. The van der Waals surface area contributed by atoms with Gasteiger partial charge in [0.15, 0.2) is 0 Å². The van der Waals surface area contributed by atoms with Crippen molar-refractivity contribution in [1.82, 2.24) is 18.7 Å². The maximum atomic E-state index is 9.85. The van der Waals surface area contributed by atoms with Crippen LogP contribution in [0.4, 0.5) is 22.7 Å². The van der Waals surface area contributed by atoms with Crippen LogP contribution in [-0.2, 0) is 37.3 Å². The van der Waals surface area contributed by atoms with Crippen molar-refractivity contribution in [3.63, 3.8) is 0 Å². The van der Waals surface area contributed by atoms with Crippen LogP contribution in [0.15, 0.2) is 150 Å². The Bertz CT molecular complexity index is 3810. The summed E-state index contributed by atoms with van der Waals surface area (Å²) in [5.41, 5.74) is 13.1. The maximum Gasteiger partial charge on any atom is 2.00 e. The molecule has 1 aliphatic rings. The number of para-hydroxylation sites is 3. The Hall–Kier alpha value is -7.35. The van der Waals surface area contributed by atoms with E-state index >= 15 is 0 Å². The van der Waals surface area contributed by atoms with Gasteiger partial charge >= 0.3 is 32.8 Å². The van der Waals surface area contributed by atoms with Crippen LogP contribution in [0.25, 0.3) is 60.7 Å². The number of hydrogen-bond donors (Lipinski definition) is 0. The van der Waals surface area contributed by atoms with Crippen molar-refractivity contribution in [2.45, 2.75) is 78.6 Å². The van der Waals surface area contributed by atoms with Gasteiger partial charge in [0.25, 0.3) is 5.69 Å². The monoisotopic (exact) mass is 1080 g/mol. The Labute approximate surface area is 417 Å². The zero-order chi connectivity index (χ0) is 47.3. The number of furan rings is 1. The third-order valence-electron chi connectivity index (χ3n) is 13.1. The van der Waals surface area contributed by atoms with E-state index in [4.69, 9.17) is 14.1 Å². The van der Waals surface area contributed by atoms with Gasteiger partial charge in [-0.25, -0.2) is 4.98 Å². The number of hydrogen-bond acceptors (Lipinski definition) is 4. The largest absolute Gasteiger partial charge is 2.00 e. The minimum Gasteiger partial charge on any atom is -0.509 e. The van der Waals surface area contributed by atoms with Crippen molar-refractivity contribution in [3.8, 4) is 34.5 Å². The van der Waals surface area contributed by atoms with E-state index in [1.807, 2.05) is 66.9 Å². The van der Waals surface area contributed by atoms with Crippen LogP contribution in [0.1, 0.15) is 84.6 Å². The molecule has 11 rings (SSSR count). The zero-order valence-corrected chi connectivity index (χ0v) is 42.5. The first-order valence-corrected chi connectivity index (χ1v) is 23.2. The molecule has 7 nitrogen and oxygen atoms in total. The van der Waals surface area contributed by atoms with Crippen LogP contribution in [0, 0.1) is 23.5 Å². The molecule has 0 radical (unpaired) electrons. The minimum absolute atomic E-state index is 0. The fraction of sp³-hybridized carbons (Fsp3) is 0.197. The summed E-state index contributed by atoms with van der Waals surface area (Å²) in [7, 11) is 0. The van der Waals surface area contributed by atoms with E-state index < -0.39 is 0 Å². The van der Waals surface area contributed by atoms with Crippen LogP contribution in [0.3, 0.4) is 0 Å². The number of benzene rings is 7. The van der Waals surface area contributed by atoms with E-state index in [9.17, 15) is 5.26 Å². The van der Waals surface area contributed by atoms with Gasteiger partial charge in [-0.3, -0.25) is 0 Å². The second kappa shape index (κ2) is 16.7. The SMILES string of the molecule is CC(C)(C)c1cc([N+]2=C=[N+](c3[c-]c(Oc4[c-]c5c(cc4)c4cc(C#N)ccc4n5-c4cc(C(C)(C)C)ccn4)ccc3)c3cccc(-c4cccc5c4oc4ccccc45)c32)cc(C(C)(C)C)c1.[Pt+2]. The second-order valence-corrected chi connectivity index (χ2v) is 20.9. The van der Waals surface area contributed by atoms with Crippen LogP contribution >= 0.6 is 0 Å². The summed E-state index contributed by atoms with van der Waals surface area (Å²) >= 11 is 0. The predicted molar refractivity (Wildman–Crippen MR) is 277 cm³/mol. The third kappa shape index (κ3) is 7.98. The summed E-state index contributed by atoms with van der Waals surface area (Å²) in [5, 5.41) is 13.9. The van der Waals surface area contributed by atoms with E-state index in [1.54, 1.807) is 0 Å². The predicted octanol–water partition coefficient (Wildman–Crippen LogP) is 15.8. The molecular formula is C61H51N5O2Pt+2. The molecule has 0 unspecified atom stereocenters. The summed E-state index contributed by atoms with van der Waals surface area (Å²) in [6.07, 6.45) is 1.86. The molecule has 0 amide bonds. The number of nitriles is 1. The number of aromatic nitrogens is 2. The Balaban J connectivity index is 0.00000553. The molecule has 0 bridgehead atoms. The molecule has 340 valence electrons. The summed E-state index contributed by atoms with van der Waals surface area (Å²) in [4.78, 5) is 4.85. The van der Waals surface area contributed by atoms with Crippen LogP contribution < -0.4 is 13.9 Å². The van der Waals surface area contributed by atoms with Gasteiger partial charge in [0.05, 0.1) is 17.2 Å². The average Bonchev–Trinajstić information content (AvgIpc) is 4.00. The fourth-order valence-electron chi connectivity index (χ4n) is 9.35. The number of nitrogens with zero attached hydrogens (tertiary/aromatic N) is 5. The fourth-order valence-corrected chi connectivity index (χ4v) is 9.35. The van der Waals surface area contributed by atoms with E-state index in [-0.39, 0.29) is 37.3 Å². The van der Waals surface area contributed by atoms with Crippen LogP contribution in [0.2, 0.25) is 0 Å². The average molecular weight is 1080 g/mol. The minimum atomic E-state index is -0.0992. The Kier molecular flexibility index (Phi) is 11.0. The van der Waals surface area contributed by atoms with Gasteiger partial charge in [0.1, 0.15) is 22.7 Å². The molecule has 10 aromatic rings. The molecule has 0 atom stereocenters. The van der Waals surface area contributed by atoms with Crippen molar-refractivity contribution in [1.29, 1.82) is 5.26 Å². The van der Waals surface area contributed by atoms with Crippen LogP contribution in [-0.4, -0.2) is 15.6 Å². The molecule has 4 heterocycles. The van der Waals surface area contributed by atoms with E-state index in [1.165, 1.54) is 11.1 Å². The summed E-state index contributed by atoms with van der Waals surface area (Å²) in [6, 6.07) is 61.2. The van der Waals surface area contributed by atoms with E-state index in [2.05, 4.69) is 179 Å². The molecule has 3 aromatic heterocycles.